The van der Waals surface area contributed by atoms with E-state index in [0.717, 1.165) is 28.5 Å². The van der Waals surface area contributed by atoms with Crippen LogP contribution in [0.1, 0.15) is 17.1 Å². The molecular formula is C18H15ClN4. The summed E-state index contributed by atoms with van der Waals surface area (Å²) in [5.74, 6) is 0.775. The quantitative estimate of drug-likeness (QED) is 0.696. The maximum Gasteiger partial charge on any atom is 0.187 e. The summed E-state index contributed by atoms with van der Waals surface area (Å²) in [6, 6.07) is 14.3. The van der Waals surface area contributed by atoms with Gasteiger partial charge in [-0.05, 0) is 31.2 Å². The number of benzene rings is 1. The lowest BCUT2D eigenvalue weighted by Crippen LogP contribution is -3.00. The number of aryl methyl sites for hydroxylation is 1. The van der Waals surface area contributed by atoms with Crippen molar-refractivity contribution < 1.29 is 17.7 Å². The first-order valence-corrected chi connectivity index (χ1v) is 7.22. The van der Waals surface area contributed by atoms with Crippen LogP contribution >= 0.6 is 0 Å². The van der Waals surface area contributed by atoms with Crippen molar-refractivity contribution in [2.45, 2.75) is 6.92 Å². The van der Waals surface area contributed by atoms with E-state index in [1.807, 2.05) is 43.5 Å². The summed E-state index contributed by atoms with van der Waals surface area (Å²) in [5.41, 5.74) is 6.36. The largest absolute Gasteiger partial charge is 1.00 e. The van der Waals surface area contributed by atoms with Crippen LogP contribution in [0.25, 0.3) is 23.0 Å². The van der Waals surface area contributed by atoms with Gasteiger partial charge in [-0.2, -0.15) is 0 Å². The van der Waals surface area contributed by atoms with Gasteiger partial charge in [-0.1, -0.05) is 18.2 Å². The number of hydrogen-bond acceptors (Lipinski definition) is 3. The third-order valence-electron chi connectivity index (χ3n) is 3.72. The third-order valence-corrected chi connectivity index (χ3v) is 3.72. The van der Waals surface area contributed by atoms with Crippen molar-refractivity contribution in [3.63, 3.8) is 0 Å². The van der Waals surface area contributed by atoms with E-state index < -0.39 is 0 Å². The van der Waals surface area contributed by atoms with E-state index in [9.17, 15) is 0 Å². The van der Waals surface area contributed by atoms with E-state index in [2.05, 4.69) is 38.5 Å². The molecule has 3 aromatic rings. The van der Waals surface area contributed by atoms with Crippen LogP contribution in [0.2, 0.25) is 0 Å². The zero-order valence-electron chi connectivity index (χ0n) is 12.6. The number of halogens is 1. The Morgan fingerprint density at radius 2 is 1.70 bits per heavy atom. The van der Waals surface area contributed by atoms with Crippen LogP contribution in [-0.4, -0.2) is 15.0 Å². The lowest BCUT2D eigenvalue weighted by molar-refractivity contribution is -0.464. The van der Waals surface area contributed by atoms with Crippen LogP contribution in [0.5, 0.6) is 0 Å². The molecule has 23 heavy (non-hydrogen) atoms. The van der Waals surface area contributed by atoms with E-state index in [1.165, 1.54) is 11.3 Å². The molecule has 0 saturated carbocycles. The van der Waals surface area contributed by atoms with Gasteiger partial charge in [-0.25, -0.2) is 9.97 Å². The fourth-order valence-electron chi connectivity index (χ4n) is 2.72. The van der Waals surface area contributed by atoms with Gasteiger partial charge in [0.25, 0.3) is 0 Å². The first-order chi connectivity index (χ1) is 10.8. The van der Waals surface area contributed by atoms with Crippen molar-refractivity contribution in [3.8, 4) is 11.3 Å². The molecule has 0 radical (unpaired) electrons. The molecule has 2 N–H and O–H groups in total. The number of quaternary nitrogens is 1. The minimum absolute atomic E-state index is 0. The zero-order chi connectivity index (χ0) is 14.9. The smallest absolute Gasteiger partial charge is 0.187 e. The molecule has 3 heterocycles. The van der Waals surface area contributed by atoms with Gasteiger partial charge in [-0.3, -0.25) is 10.3 Å². The van der Waals surface area contributed by atoms with Gasteiger partial charge in [0.1, 0.15) is 22.9 Å². The molecule has 1 aromatic carbocycles. The summed E-state index contributed by atoms with van der Waals surface area (Å²) in [6.07, 6.45) is 5.74. The molecule has 0 unspecified atom stereocenters. The molecule has 4 nitrogen and oxygen atoms in total. The van der Waals surface area contributed by atoms with E-state index in [-0.39, 0.29) is 12.4 Å². The van der Waals surface area contributed by atoms with Crippen molar-refractivity contribution in [1.82, 2.24) is 15.0 Å². The van der Waals surface area contributed by atoms with Crippen LogP contribution in [0, 0.1) is 6.92 Å². The maximum absolute atomic E-state index is 4.63. The van der Waals surface area contributed by atoms with Gasteiger partial charge in [0, 0.05) is 29.6 Å². The molecule has 0 fully saturated rings. The molecule has 4 rings (SSSR count). The first kappa shape index (κ1) is 15.3. The molecule has 114 valence electrons. The Morgan fingerprint density at radius 1 is 0.913 bits per heavy atom. The average molecular weight is 323 g/mol. The van der Waals surface area contributed by atoms with Gasteiger partial charge in [0.2, 0.25) is 0 Å². The Morgan fingerprint density at radius 3 is 2.43 bits per heavy atom. The van der Waals surface area contributed by atoms with Crippen molar-refractivity contribution in [1.29, 1.82) is 0 Å². The SMILES string of the molecule is Cc1nc2c(c(-c3cccnc3)n1)[NH2+]C(c1ccccc1)=C2.[Cl-]. The standard InChI is InChI=1S/C18H14N4.ClH/c1-12-20-16-10-15(13-6-3-2-4-7-13)22-18(16)17(21-12)14-8-5-9-19-11-14;/h2-11,22H,1H3;1H. The van der Waals surface area contributed by atoms with Crippen molar-refractivity contribution in [2.24, 2.45) is 0 Å². The molecule has 0 bridgehead atoms. The van der Waals surface area contributed by atoms with E-state index in [4.69, 9.17) is 0 Å². The van der Waals surface area contributed by atoms with Crippen molar-refractivity contribution in [2.75, 3.05) is 0 Å². The molecule has 0 amide bonds. The predicted molar refractivity (Wildman–Crippen MR) is 85.9 cm³/mol. The molecule has 1 aliphatic rings. The second-order valence-electron chi connectivity index (χ2n) is 5.27. The zero-order valence-corrected chi connectivity index (χ0v) is 13.3. The van der Waals surface area contributed by atoms with Crippen molar-refractivity contribution in [3.05, 3.63) is 71.9 Å². The Balaban J connectivity index is 0.00000156. The lowest BCUT2D eigenvalue weighted by Gasteiger charge is -2.06. The lowest BCUT2D eigenvalue weighted by atomic mass is 10.1. The first-order valence-electron chi connectivity index (χ1n) is 7.22. The predicted octanol–water partition coefficient (Wildman–Crippen LogP) is -0.442. The Kier molecular flexibility index (Phi) is 4.19. The van der Waals surface area contributed by atoms with Gasteiger partial charge in [-0.15, -0.1) is 0 Å². The fraction of sp³-hybridized carbons (Fsp3) is 0.0556. The van der Waals surface area contributed by atoms with Crippen molar-refractivity contribution >= 4 is 17.5 Å². The molecule has 0 atom stereocenters. The molecule has 0 spiro atoms. The summed E-state index contributed by atoms with van der Waals surface area (Å²) in [7, 11) is 0. The number of aromatic nitrogens is 3. The van der Waals surface area contributed by atoms with Crippen LogP contribution in [0.15, 0.2) is 54.9 Å². The highest BCUT2D eigenvalue weighted by atomic mass is 35.5. The highest BCUT2D eigenvalue weighted by Crippen LogP contribution is 2.30. The van der Waals surface area contributed by atoms with Crippen LogP contribution < -0.4 is 17.7 Å². The van der Waals surface area contributed by atoms with E-state index in [0.29, 0.717) is 0 Å². The normalized spacial score (nSPS) is 12.3. The minimum Gasteiger partial charge on any atom is -1.00 e. The van der Waals surface area contributed by atoms with Crippen LogP contribution in [0.3, 0.4) is 0 Å². The third kappa shape index (κ3) is 2.86. The number of pyridine rings is 1. The molecular weight excluding hydrogens is 308 g/mol. The number of nitrogens with two attached hydrogens (primary N) is 1. The summed E-state index contributed by atoms with van der Waals surface area (Å²) in [6.45, 7) is 1.93. The summed E-state index contributed by atoms with van der Waals surface area (Å²) in [5, 5.41) is 2.16. The van der Waals surface area contributed by atoms with E-state index in [1.54, 1.807) is 6.20 Å². The average Bonchev–Trinajstić information content (AvgIpc) is 2.99. The minimum atomic E-state index is 0. The molecule has 1 aliphatic heterocycles. The van der Waals surface area contributed by atoms with Gasteiger partial charge < -0.3 is 12.4 Å². The van der Waals surface area contributed by atoms with Crippen LogP contribution in [-0.2, 0) is 0 Å². The maximum atomic E-state index is 4.63. The summed E-state index contributed by atoms with van der Waals surface area (Å²) >= 11 is 0. The Hall–Kier alpha value is -2.56. The molecule has 0 aliphatic carbocycles. The summed E-state index contributed by atoms with van der Waals surface area (Å²) in [4.78, 5) is 13.4. The number of nitrogens with zero attached hydrogens (tertiary/aromatic N) is 3. The Labute approximate surface area is 140 Å². The second kappa shape index (κ2) is 6.28. The summed E-state index contributed by atoms with van der Waals surface area (Å²) < 4.78 is 0. The monoisotopic (exact) mass is 322 g/mol. The highest BCUT2D eigenvalue weighted by Gasteiger charge is 2.26. The van der Waals surface area contributed by atoms with Gasteiger partial charge in [0.05, 0.1) is 0 Å². The number of rotatable bonds is 2. The Bertz CT molecular complexity index is 861. The number of fused-ring (bicyclic) bond motifs is 1. The fourth-order valence-corrected chi connectivity index (χ4v) is 2.72. The molecule has 2 aromatic heterocycles. The molecule has 5 heteroatoms. The van der Waals surface area contributed by atoms with E-state index >= 15 is 0 Å². The second-order valence-corrected chi connectivity index (χ2v) is 5.27. The highest BCUT2D eigenvalue weighted by molar-refractivity contribution is 5.87. The topological polar surface area (TPSA) is 55.3 Å². The van der Waals surface area contributed by atoms with Gasteiger partial charge in [0.15, 0.2) is 5.69 Å². The van der Waals surface area contributed by atoms with Gasteiger partial charge >= 0.3 is 0 Å². The number of hydrogen-bond donors (Lipinski definition) is 1. The molecule has 0 saturated heterocycles. The van der Waals surface area contributed by atoms with Crippen LogP contribution in [0.4, 0.5) is 5.69 Å².